The van der Waals surface area contributed by atoms with Gasteiger partial charge in [-0.1, -0.05) is 48.5 Å². The van der Waals surface area contributed by atoms with E-state index in [1.165, 1.54) is 25.2 Å². The average molecular weight is 1990 g/mol. The first-order valence-corrected chi connectivity index (χ1v) is 46.0. The standard InChI is InChI=1S/C22H21N7O.C22H20N6O2.C21H18N6O2.2C20H16N6O.2CH2O2/c1-28-14-20(21(27-28)19-4-2-3-7-24-19)26-22(30)17-8-16(9-23-10-17)18-11-25-29(13-18)12-15-5-6-15;1-30-14-13-28-15-20(21(27-28)18-5-2-3-10-24-18)26-22(29)19-7-4-6-17(25-19)16-8-11-23-12-9-16;28-13-12-27-14-19(20(26-27)17-4-1-2-9-23-17)25-21(29)18-6-3-5-16(24-18)15-7-10-22-11-8-15;1-26-13-18(19(25-26)17-6-2-3-8-23-17)24-20(27)16-9-15(11-22-12-16)14-5-4-7-21-10-14;1-26-13-18(19(25-26)17-4-2-3-7-23-17)24-20(27)16-10-15(11-22-12-16)14-5-8-21-9-6-14;2*2-1-3/h2-4,7-11,13-15H,5-6,12H2,1H3,(H,26,30);2-12,15H,13-14H2,1H3,(H,26,29);1-11,14,28H,12-13H2,(H,25,29);2*2-13H,1H3,(H,24,27);2*1H,(H,2,3). The van der Waals surface area contributed by atoms with Crippen LogP contribution in [0.4, 0.5) is 28.4 Å². The minimum Gasteiger partial charge on any atom is -0.483 e. The number of hydrogen-bond acceptors (Lipinski definition) is 29. The van der Waals surface area contributed by atoms with Crippen LogP contribution < -0.4 is 26.6 Å². The van der Waals surface area contributed by atoms with Crippen molar-refractivity contribution in [2.24, 2.45) is 27.1 Å². The maximum Gasteiger partial charge on any atom is 0.290 e. The molecule has 0 spiro atoms. The number of pyridine rings is 14. The summed E-state index contributed by atoms with van der Waals surface area (Å²) in [4.78, 5) is 140. The number of nitrogens with zero attached hydrogens (tertiary/aromatic N) is 26. The van der Waals surface area contributed by atoms with Crippen LogP contribution in [0, 0.1) is 5.92 Å². The summed E-state index contributed by atoms with van der Waals surface area (Å²) in [6.07, 6.45) is 46.9. The van der Waals surface area contributed by atoms with Gasteiger partial charge in [-0.25, -0.2) is 9.97 Å². The van der Waals surface area contributed by atoms with Crippen molar-refractivity contribution < 1.29 is 53.6 Å². The van der Waals surface area contributed by atoms with Gasteiger partial charge >= 0.3 is 0 Å². The molecule has 0 aromatic carbocycles. The van der Waals surface area contributed by atoms with E-state index < -0.39 is 0 Å². The molecule has 149 heavy (non-hydrogen) atoms. The van der Waals surface area contributed by atoms with E-state index in [0.29, 0.717) is 139 Å². The summed E-state index contributed by atoms with van der Waals surface area (Å²) < 4.78 is 15.3. The van der Waals surface area contributed by atoms with Gasteiger partial charge in [-0.05, 0) is 170 Å². The molecule has 20 heterocycles. The molecule has 1 saturated carbocycles. The summed E-state index contributed by atoms with van der Waals surface area (Å²) in [6.45, 7) is 1.76. The van der Waals surface area contributed by atoms with Gasteiger partial charge in [-0.2, -0.15) is 30.6 Å². The van der Waals surface area contributed by atoms with E-state index in [4.69, 9.17) is 24.5 Å². The van der Waals surface area contributed by atoms with E-state index in [-0.39, 0.29) is 54.8 Å². The van der Waals surface area contributed by atoms with E-state index in [0.717, 1.165) is 57.0 Å². The Morgan fingerprint density at radius 2 is 0.671 bits per heavy atom. The van der Waals surface area contributed by atoms with E-state index in [1.807, 2.05) is 176 Å². The molecule has 20 aromatic rings. The minimum atomic E-state index is -0.360. The fourth-order valence-corrected chi connectivity index (χ4v) is 14.6. The number of aryl methyl sites for hydroxylation is 3. The third kappa shape index (κ3) is 28.7. The minimum absolute atomic E-state index is 0.0632. The van der Waals surface area contributed by atoms with Crippen LogP contribution in [0.1, 0.15) is 64.9 Å². The van der Waals surface area contributed by atoms with Crippen molar-refractivity contribution in [2.75, 3.05) is 46.9 Å². The number of ether oxygens (including phenoxy) is 1. The van der Waals surface area contributed by atoms with Crippen molar-refractivity contribution in [3.8, 4) is 113 Å². The van der Waals surface area contributed by atoms with Gasteiger partial charge < -0.3 is 46.6 Å². The lowest BCUT2D eigenvalue weighted by Gasteiger charge is -2.07. The van der Waals surface area contributed by atoms with Crippen LogP contribution >= 0.6 is 0 Å². The zero-order valence-electron chi connectivity index (χ0n) is 80.4. The highest BCUT2D eigenvalue weighted by atomic mass is 16.5. The van der Waals surface area contributed by atoms with E-state index in [1.54, 1.807) is 223 Å². The normalized spacial score (nSPS) is 10.9. The Morgan fingerprint density at radius 1 is 0.329 bits per heavy atom. The number of aliphatic hydroxyl groups excluding tert-OH is 1. The van der Waals surface area contributed by atoms with E-state index in [2.05, 4.69) is 127 Å². The molecule has 0 unspecified atom stereocenters. The third-order valence-electron chi connectivity index (χ3n) is 21.7. The molecule has 0 atom stereocenters. The fraction of sp³-hybridized carbons (Fsp3) is 0.112. The number of amides is 5. The Hall–Kier alpha value is -20.4. The lowest BCUT2D eigenvalue weighted by molar-refractivity contribution is -0.123. The number of carbonyl (C=O) groups excluding carboxylic acids is 5. The predicted molar refractivity (Wildman–Crippen MR) is 554 cm³/mol. The smallest absolute Gasteiger partial charge is 0.290 e. The Balaban J connectivity index is 0.000000137. The summed E-state index contributed by atoms with van der Waals surface area (Å²) in [7, 11) is 7.04. The first-order valence-electron chi connectivity index (χ1n) is 46.0. The molecule has 1 aliphatic carbocycles. The SMILES string of the molecule is COCCn1cc(NC(=O)c2cccc(-c3ccncc3)n2)c(-c2ccccn2)n1.Cn1cc(NC(=O)c2cncc(-c3cccnc3)c2)c(-c2ccccn2)n1.Cn1cc(NC(=O)c2cncc(-c3ccncc3)c2)c(-c2ccccn2)n1.Cn1cc(NC(=O)c2cncc(-c3cnn(CC4CC4)c3)c2)c(-c2ccccn2)n1.O=C(Nc1cn(CCO)nc1-c1ccccn1)c1cccc(-c2ccncc2)n1.O=CO.O=CO. The third-order valence-corrected chi connectivity index (χ3v) is 21.7. The Bertz CT molecular complexity index is 7640. The van der Waals surface area contributed by atoms with Gasteiger partial charge in [-0.15, -0.1) is 0 Å². The largest absolute Gasteiger partial charge is 0.483 e. The number of hydrogen-bond donors (Lipinski definition) is 8. The van der Waals surface area contributed by atoms with Crippen LogP contribution in [-0.4, -0.2) is 207 Å². The van der Waals surface area contributed by atoms with Crippen LogP contribution in [0.5, 0.6) is 0 Å². The van der Waals surface area contributed by atoms with Crippen LogP contribution in [0.3, 0.4) is 0 Å². The molecule has 0 aliphatic heterocycles. The number of aromatic nitrogens is 26. The number of rotatable bonds is 27. The molecule has 1 aliphatic rings. The van der Waals surface area contributed by atoms with E-state index in [9.17, 15) is 29.1 Å². The summed E-state index contributed by atoms with van der Waals surface area (Å²) in [5, 5.41) is 64.2. The van der Waals surface area contributed by atoms with Gasteiger partial charge in [0.05, 0.1) is 117 Å². The van der Waals surface area contributed by atoms with Crippen molar-refractivity contribution >= 4 is 70.9 Å². The number of carbonyl (C=O) groups is 7. The molecule has 0 saturated heterocycles. The van der Waals surface area contributed by atoms with E-state index >= 15 is 0 Å². The van der Waals surface area contributed by atoms with Crippen molar-refractivity contribution in [1.82, 2.24) is 128 Å². The van der Waals surface area contributed by atoms with Crippen LogP contribution in [0.25, 0.3) is 113 Å². The van der Waals surface area contributed by atoms with Gasteiger partial charge in [0.2, 0.25) is 0 Å². The van der Waals surface area contributed by atoms with Crippen molar-refractivity contribution in [3.05, 3.63) is 383 Å². The number of carboxylic acid groups (broad SMARTS) is 2. The molecule has 42 nitrogen and oxygen atoms in total. The average Bonchev–Trinajstić information content (AvgIpc) is 1.70. The van der Waals surface area contributed by atoms with Crippen LogP contribution in [0.2, 0.25) is 0 Å². The number of nitrogens with one attached hydrogen (secondary N) is 5. The molecule has 5 amide bonds. The summed E-state index contributed by atoms with van der Waals surface area (Å²) >= 11 is 0. The number of anilines is 5. The van der Waals surface area contributed by atoms with Crippen molar-refractivity contribution in [2.45, 2.75) is 32.5 Å². The second kappa shape index (κ2) is 51.8. The van der Waals surface area contributed by atoms with Gasteiger partial charge in [0.15, 0.2) is 0 Å². The number of aliphatic hydroxyl groups is 1. The molecule has 8 N–H and O–H groups in total. The molecule has 0 radical (unpaired) electrons. The second-order valence-electron chi connectivity index (χ2n) is 32.3. The lowest BCUT2D eigenvalue weighted by atomic mass is 10.1. The molecule has 0 bridgehead atoms. The molecule has 21 rings (SSSR count). The highest BCUT2D eigenvalue weighted by Gasteiger charge is 2.26. The van der Waals surface area contributed by atoms with Gasteiger partial charge in [0.25, 0.3) is 42.5 Å². The van der Waals surface area contributed by atoms with Crippen LogP contribution in [0.15, 0.2) is 355 Å². The van der Waals surface area contributed by atoms with Gasteiger partial charge in [0.1, 0.15) is 39.9 Å². The molecule has 1 fully saturated rings. The molecule has 744 valence electrons. The zero-order chi connectivity index (χ0) is 104. The molecular weight excluding hydrogens is 1900 g/mol. The first-order chi connectivity index (χ1) is 72.9. The number of methoxy groups -OCH3 is 1. The van der Waals surface area contributed by atoms with Gasteiger partial charge in [-0.3, -0.25) is 121 Å². The maximum atomic E-state index is 12.9. The predicted octanol–water partition coefficient (Wildman–Crippen LogP) is 15.1. The summed E-state index contributed by atoms with van der Waals surface area (Å²) in [6, 6.07) is 58.7. The topological polar surface area (TPSA) is 537 Å². The first kappa shape index (κ1) is 103. The Labute approximate surface area is 851 Å². The highest BCUT2D eigenvalue weighted by Crippen LogP contribution is 2.35. The second-order valence-corrected chi connectivity index (χ2v) is 32.3. The Kier molecular flexibility index (Phi) is 35.8. The molecule has 42 heteroatoms. The lowest BCUT2D eigenvalue weighted by Crippen LogP contribution is -2.14. The monoisotopic (exact) mass is 1990 g/mol. The zero-order valence-corrected chi connectivity index (χ0v) is 80.4. The van der Waals surface area contributed by atoms with Crippen LogP contribution in [-0.2, 0) is 55.1 Å². The van der Waals surface area contributed by atoms with Crippen molar-refractivity contribution in [1.29, 1.82) is 0 Å². The summed E-state index contributed by atoms with van der Waals surface area (Å²) in [5.41, 5.74) is 19.6. The quantitative estimate of drug-likeness (QED) is 0.0222. The molecule has 20 aromatic heterocycles. The maximum absolute atomic E-state index is 12.9. The fourth-order valence-electron chi connectivity index (χ4n) is 14.6. The highest BCUT2D eigenvalue weighted by molar-refractivity contribution is 6.09. The van der Waals surface area contributed by atoms with Crippen molar-refractivity contribution in [3.63, 3.8) is 0 Å². The summed E-state index contributed by atoms with van der Waals surface area (Å²) in [5.74, 6) is -0.710. The molecular formula is C107H95N31O11. The Morgan fingerprint density at radius 3 is 1.03 bits per heavy atom. The van der Waals surface area contributed by atoms with Gasteiger partial charge in [0, 0.05) is 229 Å².